The van der Waals surface area contributed by atoms with Gasteiger partial charge in [0.25, 0.3) is 0 Å². The van der Waals surface area contributed by atoms with Gasteiger partial charge in [-0.25, -0.2) is 4.99 Å². The van der Waals surface area contributed by atoms with Crippen molar-refractivity contribution in [3.05, 3.63) is 70.9 Å². The molecule has 1 atom stereocenters. The Kier molecular flexibility index (Phi) is 7.20. The molecule has 2 aliphatic heterocycles. The topological polar surface area (TPSA) is 91.8 Å². The summed E-state index contributed by atoms with van der Waals surface area (Å²) in [6, 6.07) is 16.0. The Bertz CT molecular complexity index is 1180. The molecule has 2 aliphatic rings. The summed E-state index contributed by atoms with van der Waals surface area (Å²) >= 11 is 0. The van der Waals surface area contributed by atoms with Crippen LogP contribution >= 0.6 is 0 Å². The number of hydrogen-bond acceptors (Lipinski definition) is 6. The molecular formula is C27H31N5O3. The van der Waals surface area contributed by atoms with Gasteiger partial charge >= 0.3 is 0 Å². The van der Waals surface area contributed by atoms with Gasteiger partial charge in [-0.15, -0.1) is 0 Å². The van der Waals surface area contributed by atoms with E-state index < -0.39 is 5.92 Å². The molecule has 0 bridgehead atoms. The quantitative estimate of drug-likeness (QED) is 0.364. The Hall–Kier alpha value is -3.49. The average molecular weight is 474 g/mol. The smallest absolute Gasteiger partial charge is 0.237 e. The van der Waals surface area contributed by atoms with Gasteiger partial charge in [0.15, 0.2) is 5.82 Å². The van der Waals surface area contributed by atoms with Crippen molar-refractivity contribution in [2.75, 3.05) is 44.8 Å². The third-order valence-electron chi connectivity index (χ3n) is 6.46. The van der Waals surface area contributed by atoms with Gasteiger partial charge in [-0.05, 0) is 48.2 Å². The Morgan fingerprint density at radius 3 is 2.86 bits per heavy atom. The maximum absolute atomic E-state index is 12.4. The van der Waals surface area contributed by atoms with Crippen molar-refractivity contribution in [2.24, 2.45) is 4.99 Å². The van der Waals surface area contributed by atoms with E-state index in [1.165, 1.54) is 0 Å². The number of morpholine rings is 1. The van der Waals surface area contributed by atoms with Gasteiger partial charge in [0.05, 0.1) is 19.8 Å². The van der Waals surface area contributed by atoms with Crippen LogP contribution in [-0.2, 0) is 16.0 Å². The van der Waals surface area contributed by atoms with Crippen molar-refractivity contribution in [2.45, 2.75) is 25.7 Å². The summed E-state index contributed by atoms with van der Waals surface area (Å²) < 4.78 is 11.3. The SMILES string of the molecule is Cc1cccc2c1C(C=Nc1cc(Cc3ccc(OCCCN4CCOCC4)cc3)[nH]n1)C(=O)N2. The fourth-order valence-electron chi connectivity index (χ4n) is 4.57. The second kappa shape index (κ2) is 10.8. The molecule has 1 fully saturated rings. The highest BCUT2D eigenvalue weighted by molar-refractivity contribution is 6.13. The van der Waals surface area contributed by atoms with Crippen LogP contribution in [0.1, 0.15) is 34.7 Å². The second-order valence-electron chi connectivity index (χ2n) is 9.01. The van der Waals surface area contributed by atoms with Gasteiger partial charge in [0.2, 0.25) is 5.91 Å². The van der Waals surface area contributed by atoms with Crippen LogP contribution in [0.4, 0.5) is 11.5 Å². The van der Waals surface area contributed by atoms with E-state index >= 15 is 0 Å². The molecule has 1 aromatic heterocycles. The Morgan fingerprint density at radius 1 is 1.20 bits per heavy atom. The lowest BCUT2D eigenvalue weighted by molar-refractivity contribution is -0.115. The number of benzene rings is 2. The first-order valence-corrected chi connectivity index (χ1v) is 12.2. The highest BCUT2D eigenvalue weighted by Gasteiger charge is 2.30. The molecule has 2 aromatic carbocycles. The number of carbonyl (C=O) groups is 1. The third-order valence-corrected chi connectivity index (χ3v) is 6.46. The largest absolute Gasteiger partial charge is 0.494 e. The zero-order valence-electron chi connectivity index (χ0n) is 20.0. The second-order valence-corrected chi connectivity index (χ2v) is 9.01. The molecule has 8 nitrogen and oxygen atoms in total. The molecule has 1 unspecified atom stereocenters. The van der Waals surface area contributed by atoms with Crippen LogP contribution in [0.3, 0.4) is 0 Å². The molecule has 2 N–H and O–H groups in total. The van der Waals surface area contributed by atoms with Crippen LogP contribution in [0.5, 0.6) is 5.75 Å². The number of aryl methyl sites for hydroxylation is 1. The van der Waals surface area contributed by atoms with Crippen LogP contribution in [0.15, 0.2) is 53.5 Å². The highest BCUT2D eigenvalue weighted by Crippen LogP contribution is 2.34. The van der Waals surface area contributed by atoms with E-state index in [4.69, 9.17) is 9.47 Å². The number of aromatic amines is 1. The zero-order chi connectivity index (χ0) is 24.0. The minimum absolute atomic E-state index is 0.0581. The molecule has 0 saturated carbocycles. The maximum atomic E-state index is 12.4. The number of carbonyl (C=O) groups excluding carboxylic acids is 1. The van der Waals surface area contributed by atoms with E-state index in [0.717, 1.165) is 73.1 Å². The van der Waals surface area contributed by atoms with Crippen molar-refractivity contribution >= 4 is 23.6 Å². The number of nitrogens with one attached hydrogen (secondary N) is 2. The van der Waals surface area contributed by atoms with Crippen LogP contribution in [-0.4, -0.2) is 66.7 Å². The number of H-pyrrole nitrogens is 1. The summed E-state index contributed by atoms with van der Waals surface area (Å²) in [5, 5.41) is 10.3. The molecule has 0 spiro atoms. The van der Waals surface area contributed by atoms with Crippen molar-refractivity contribution in [1.82, 2.24) is 15.1 Å². The highest BCUT2D eigenvalue weighted by atomic mass is 16.5. The van der Waals surface area contributed by atoms with E-state index in [1.807, 2.05) is 43.3 Å². The summed E-state index contributed by atoms with van der Waals surface area (Å²) in [4.78, 5) is 19.3. The molecule has 182 valence electrons. The third kappa shape index (κ3) is 5.78. The number of aliphatic imine (C=N–C) groups is 1. The summed E-state index contributed by atoms with van der Waals surface area (Å²) in [6.45, 7) is 7.45. The Labute approximate surface area is 205 Å². The fraction of sp³-hybridized carbons (Fsp3) is 0.370. The first-order chi connectivity index (χ1) is 17.2. The van der Waals surface area contributed by atoms with Gasteiger partial charge in [0.1, 0.15) is 11.7 Å². The van der Waals surface area contributed by atoms with Crippen LogP contribution in [0.2, 0.25) is 0 Å². The van der Waals surface area contributed by atoms with E-state index in [9.17, 15) is 4.79 Å². The van der Waals surface area contributed by atoms with Crippen LogP contribution in [0, 0.1) is 6.92 Å². The number of ether oxygens (including phenoxy) is 2. The van der Waals surface area contributed by atoms with E-state index in [-0.39, 0.29) is 5.91 Å². The van der Waals surface area contributed by atoms with Crippen LogP contribution < -0.4 is 10.1 Å². The zero-order valence-corrected chi connectivity index (χ0v) is 20.0. The molecule has 1 amide bonds. The number of aromatic nitrogens is 2. The number of nitrogens with zero attached hydrogens (tertiary/aromatic N) is 3. The first kappa shape index (κ1) is 23.3. The van der Waals surface area contributed by atoms with E-state index in [0.29, 0.717) is 18.8 Å². The van der Waals surface area contributed by atoms with Crippen LogP contribution in [0.25, 0.3) is 0 Å². The number of rotatable bonds is 9. The maximum Gasteiger partial charge on any atom is 0.237 e. The number of anilines is 1. The summed E-state index contributed by atoms with van der Waals surface area (Å²) in [6.07, 6.45) is 3.40. The molecule has 5 rings (SSSR count). The summed E-state index contributed by atoms with van der Waals surface area (Å²) in [7, 11) is 0. The van der Waals surface area contributed by atoms with Crippen molar-refractivity contribution in [1.29, 1.82) is 0 Å². The molecule has 1 saturated heterocycles. The predicted molar refractivity (Wildman–Crippen MR) is 136 cm³/mol. The van der Waals surface area contributed by atoms with Gasteiger partial charge in [-0.3, -0.25) is 14.8 Å². The van der Waals surface area contributed by atoms with Gasteiger partial charge in [-0.2, -0.15) is 5.10 Å². The van der Waals surface area contributed by atoms with E-state index in [1.54, 1.807) is 6.21 Å². The lowest BCUT2D eigenvalue weighted by Crippen LogP contribution is -2.37. The molecule has 8 heteroatoms. The lowest BCUT2D eigenvalue weighted by Gasteiger charge is -2.26. The monoisotopic (exact) mass is 473 g/mol. The summed E-state index contributed by atoms with van der Waals surface area (Å²) in [5.41, 5.74) is 5.04. The fourth-order valence-corrected chi connectivity index (χ4v) is 4.57. The number of amides is 1. The molecule has 35 heavy (non-hydrogen) atoms. The molecule has 3 heterocycles. The minimum atomic E-state index is -0.396. The predicted octanol–water partition coefficient (Wildman–Crippen LogP) is 3.85. The number of fused-ring (bicyclic) bond motifs is 1. The first-order valence-electron chi connectivity index (χ1n) is 12.2. The van der Waals surface area contributed by atoms with Crippen molar-refractivity contribution < 1.29 is 14.3 Å². The molecule has 0 aliphatic carbocycles. The minimum Gasteiger partial charge on any atom is -0.494 e. The summed E-state index contributed by atoms with van der Waals surface area (Å²) in [5.74, 6) is 0.996. The van der Waals surface area contributed by atoms with Crippen molar-refractivity contribution in [3.8, 4) is 5.75 Å². The molecule has 3 aromatic rings. The molecule has 0 radical (unpaired) electrons. The van der Waals surface area contributed by atoms with Gasteiger partial charge < -0.3 is 14.8 Å². The average Bonchev–Trinajstić information content (AvgIpc) is 3.46. The van der Waals surface area contributed by atoms with Crippen molar-refractivity contribution in [3.63, 3.8) is 0 Å². The Morgan fingerprint density at radius 2 is 2.03 bits per heavy atom. The van der Waals surface area contributed by atoms with Gasteiger partial charge in [-0.1, -0.05) is 24.3 Å². The Balaban J connectivity index is 1.11. The molecular weight excluding hydrogens is 442 g/mol. The standard InChI is InChI=1S/C27H31N5O3/c1-19-4-2-5-24-26(19)23(27(33)29-24)18-28-25-17-21(30-31-25)16-20-6-8-22(9-7-20)35-13-3-10-32-11-14-34-15-12-32/h2,4-9,17-18,23H,3,10-16H2,1H3,(H,29,33)(H,30,31). The normalized spacial score (nSPS) is 18.1. The van der Waals surface area contributed by atoms with Gasteiger partial charge in [0, 0.05) is 49.7 Å². The number of hydrogen-bond donors (Lipinski definition) is 2. The lowest BCUT2D eigenvalue weighted by atomic mass is 9.97. The van der Waals surface area contributed by atoms with E-state index in [2.05, 4.69) is 37.5 Å².